The van der Waals surface area contributed by atoms with Crippen molar-refractivity contribution >= 4 is 6.41 Å². The van der Waals surface area contributed by atoms with E-state index in [4.69, 9.17) is 0 Å². The topological polar surface area (TPSA) is 29.1 Å². The second kappa shape index (κ2) is 12.9. The van der Waals surface area contributed by atoms with Crippen LogP contribution in [-0.4, -0.2) is 6.41 Å². The van der Waals surface area contributed by atoms with Gasteiger partial charge in [0.15, 0.2) is 0 Å². The standard InChI is InChI=1S/C14H13NO.C3H8.C2H6/c16-11-15-14(12-7-3-1-4-8-12)13-9-5-2-6-10-13;1-3-2;1-2/h1-11,14H,(H,15,16);3H2,1-2H3;1-2H3. The fraction of sp³-hybridized carbons (Fsp3) is 0.316. The minimum Gasteiger partial charge on any atom is -0.348 e. The molecule has 0 heterocycles. The predicted molar refractivity (Wildman–Crippen MR) is 91.2 cm³/mol. The zero-order chi connectivity index (χ0) is 15.9. The number of amides is 1. The number of hydrogen-bond acceptors (Lipinski definition) is 1. The molecule has 0 spiro atoms. The van der Waals surface area contributed by atoms with Crippen molar-refractivity contribution in [3.05, 3.63) is 71.8 Å². The van der Waals surface area contributed by atoms with Crippen molar-refractivity contribution in [2.75, 3.05) is 0 Å². The molecule has 2 heteroatoms. The highest BCUT2D eigenvalue weighted by Crippen LogP contribution is 2.20. The first-order valence-corrected chi connectivity index (χ1v) is 7.63. The quantitative estimate of drug-likeness (QED) is 0.790. The van der Waals surface area contributed by atoms with Crippen molar-refractivity contribution in [3.8, 4) is 0 Å². The Morgan fingerprint density at radius 2 is 1.19 bits per heavy atom. The average Bonchev–Trinajstić information content (AvgIpc) is 2.57. The summed E-state index contributed by atoms with van der Waals surface area (Å²) in [7, 11) is 0. The number of carbonyl (C=O) groups is 1. The molecule has 2 aromatic rings. The van der Waals surface area contributed by atoms with Crippen LogP contribution < -0.4 is 5.32 Å². The van der Waals surface area contributed by atoms with Gasteiger partial charge in [-0.3, -0.25) is 4.79 Å². The Kier molecular flexibility index (Phi) is 11.6. The first-order valence-electron chi connectivity index (χ1n) is 7.63. The molecule has 1 amide bonds. The van der Waals surface area contributed by atoms with Crippen LogP contribution in [0.1, 0.15) is 51.3 Å². The van der Waals surface area contributed by atoms with E-state index in [0.717, 1.165) is 17.5 Å². The van der Waals surface area contributed by atoms with Gasteiger partial charge in [0.05, 0.1) is 6.04 Å². The van der Waals surface area contributed by atoms with E-state index >= 15 is 0 Å². The Morgan fingerprint density at radius 3 is 1.48 bits per heavy atom. The van der Waals surface area contributed by atoms with E-state index in [1.165, 1.54) is 6.42 Å². The van der Waals surface area contributed by atoms with Crippen LogP contribution in [0.5, 0.6) is 0 Å². The zero-order valence-corrected chi connectivity index (χ0v) is 13.5. The molecule has 0 saturated carbocycles. The summed E-state index contributed by atoms with van der Waals surface area (Å²) >= 11 is 0. The smallest absolute Gasteiger partial charge is 0.207 e. The summed E-state index contributed by atoms with van der Waals surface area (Å²) in [6.07, 6.45) is 1.99. The minimum atomic E-state index is -0.0695. The maximum atomic E-state index is 10.7. The van der Waals surface area contributed by atoms with Gasteiger partial charge in [-0.25, -0.2) is 0 Å². The van der Waals surface area contributed by atoms with Gasteiger partial charge in [0.1, 0.15) is 0 Å². The molecule has 0 bridgehead atoms. The van der Waals surface area contributed by atoms with Gasteiger partial charge in [-0.1, -0.05) is 94.8 Å². The molecule has 0 radical (unpaired) electrons. The van der Waals surface area contributed by atoms with Crippen LogP contribution in [0.4, 0.5) is 0 Å². The lowest BCUT2D eigenvalue weighted by Gasteiger charge is -2.16. The Hall–Kier alpha value is -2.09. The molecule has 1 N–H and O–H groups in total. The lowest BCUT2D eigenvalue weighted by atomic mass is 9.99. The van der Waals surface area contributed by atoms with Crippen molar-refractivity contribution in [2.45, 2.75) is 40.2 Å². The zero-order valence-electron chi connectivity index (χ0n) is 13.5. The molecular weight excluding hydrogens is 258 g/mol. The van der Waals surface area contributed by atoms with Crippen LogP contribution in [0, 0.1) is 0 Å². The molecule has 2 nitrogen and oxygen atoms in total. The summed E-state index contributed by atoms with van der Waals surface area (Å²) in [5.41, 5.74) is 2.17. The van der Waals surface area contributed by atoms with Gasteiger partial charge < -0.3 is 5.32 Å². The maximum absolute atomic E-state index is 10.7. The van der Waals surface area contributed by atoms with E-state index in [0.29, 0.717) is 0 Å². The Balaban J connectivity index is 0.000000713. The van der Waals surface area contributed by atoms with Crippen LogP contribution in [0.3, 0.4) is 0 Å². The summed E-state index contributed by atoms with van der Waals surface area (Å²) in [6, 6.07) is 19.8. The first-order chi connectivity index (χ1) is 10.3. The number of hydrogen-bond donors (Lipinski definition) is 1. The van der Waals surface area contributed by atoms with Gasteiger partial charge in [0.2, 0.25) is 6.41 Å². The molecule has 0 aliphatic carbocycles. The van der Waals surface area contributed by atoms with Crippen LogP contribution in [0.15, 0.2) is 60.7 Å². The van der Waals surface area contributed by atoms with Gasteiger partial charge in [-0.15, -0.1) is 0 Å². The summed E-state index contributed by atoms with van der Waals surface area (Å²) in [5.74, 6) is 0. The Bertz CT molecular complexity index is 414. The third kappa shape index (κ3) is 7.31. The molecule has 2 aromatic carbocycles. The number of benzene rings is 2. The summed E-state index contributed by atoms with van der Waals surface area (Å²) < 4.78 is 0. The van der Waals surface area contributed by atoms with Crippen LogP contribution in [-0.2, 0) is 4.79 Å². The molecule has 0 atom stereocenters. The Morgan fingerprint density at radius 1 is 0.857 bits per heavy atom. The highest BCUT2D eigenvalue weighted by molar-refractivity contribution is 5.50. The number of nitrogens with one attached hydrogen (secondary N) is 1. The highest BCUT2D eigenvalue weighted by Gasteiger charge is 2.11. The molecule has 0 aliphatic heterocycles. The fourth-order valence-corrected chi connectivity index (χ4v) is 1.74. The van der Waals surface area contributed by atoms with Crippen molar-refractivity contribution in [2.24, 2.45) is 0 Å². The van der Waals surface area contributed by atoms with E-state index in [2.05, 4.69) is 19.2 Å². The molecule has 0 saturated heterocycles. The number of rotatable bonds is 4. The fourth-order valence-electron chi connectivity index (χ4n) is 1.74. The summed E-state index contributed by atoms with van der Waals surface area (Å²) in [5, 5.41) is 2.83. The largest absolute Gasteiger partial charge is 0.348 e. The van der Waals surface area contributed by atoms with Crippen molar-refractivity contribution < 1.29 is 4.79 Å². The molecular formula is C19H27NO. The van der Waals surface area contributed by atoms with Gasteiger partial charge in [0, 0.05) is 0 Å². The minimum absolute atomic E-state index is 0.0695. The second-order valence-corrected chi connectivity index (χ2v) is 4.25. The lowest BCUT2D eigenvalue weighted by Crippen LogP contribution is -2.20. The molecule has 2 rings (SSSR count). The highest BCUT2D eigenvalue weighted by atomic mass is 16.1. The first kappa shape index (κ1) is 18.9. The van der Waals surface area contributed by atoms with E-state index in [1.807, 2.05) is 74.5 Å². The molecule has 0 aromatic heterocycles. The van der Waals surface area contributed by atoms with Crippen LogP contribution in [0.25, 0.3) is 0 Å². The van der Waals surface area contributed by atoms with Crippen LogP contribution in [0.2, 0.25) is 0 Å². The molecule has 114 valence electrons. The molecule has 0 aliphatic rings. The summed E-state index contributed by atoms with van der Waals surface area (Å²) in [4.78, 5) is 10.7. The van der Waals surface area contributed by atoms with E-state index in [1.54, 1.807) is 0 Å². The average molecular weight is 285 g/mol. The SMILES string of the molecule is CC.CCC.O=CNC(c1ccccc1)c1ccccc1. The second-order valence-electron chi connectivity index (χ2n) is 4.25. The number of carbonyl (C=O) groups excluding carboxylic acids is 1. The molecule has 0 fully saturated rings. The van der Waals surface area contributed by atoms with Gasteiger partial charge >= 0.3 is 0 Å². The van der Waals surface area contributed by atoms with E-state index in [-0.39, 0.29) is 6.04 Å². The monoisotopic (exact) mass is 285 g/mol. The third-order valence-electron chi connectivity index (χ3n) is 2.50. The van der Waals surface area contributed by atoms with E-state index in [9.17, 15) is 4.79 Å². The van der Waals surface area contributed by atoms with Gasteiger partial charge in [-0.05, 0) is 11.1 Å². The van der Waals surface area contributed by atoms with Gasteiger partial charge in [0.25, 0.3) is 0 Å². The third-order valence-corrected chi connectivity index (χ3v) is 2.50. The maximum Gasteiger partial charge on any atom is 0.207 e. The van der Waals surface area contributed by atoms with Gasteiger partial charge in [-0.2, -0.15) is 0 Å². The molecule has 0 unspecified atom stereocenters. The normalized spacial score (nSPS) is 8.81. The van der Waals surface area contributed by atoms with Crippen molar-refractivity contribution in [3.63, 3.8) is 0 Å². The summed E-state index contributed by atoms with van der Waals surface area (Å²) in [6.45, 7) is 8.25. The molecule has 21 heavy (non-hydrogen) atoms. The lowest BCUT2D eigenvalue weighted by molar-refractivity contribution is -0.110. The Labute approximate surface area is 129 Å². The van der Waals surface area contributed by atoms with E-state index < -0.39 is 0 Å². The van der Waals surface area contributed by atoms with Crippen molar-refractivity contribution in [1.82, 2.24) is 5.32 Å². The van der Waals surface area contributed by atoms with Crippen LogP contribution >= 0.6 is 0 Å². The van der Waals surface area contributed by atoms with Crippen molar-refractivity contribution in [1.29, 1.82) is 0 Å². The predicted octanol–water partition coefficient (Wildman–Crippen LogP) is 4.96.